The van der Waals surface area contributed by atoms with Crippen molar-refractivity contribution in [2.45, 2.75) is 45.1 Å². The van der Waals surface area contributed by atoms with E-state index in [0.717, 1.165) is 24.2 Å². The van der Waals surface area contributed by atoms with E-state index in [1.165, 1.54) is 30.8 Å². The maximum Gasteiger partial charge on any atom is 0.0127 e. The van der Waals surface area contributed by atoms with Gasteiger partial charge in [-0.15, -0.1) is 0 Å². The molecular weight excluding hydrogens is 190 g/mol. The van der Waals surface area contributed by atoms with Gasteiger partial charge < -0.3 is 5.73 Å². The molecule has 0 radical (unpaired) electrons. The van der Waals surface area contributed by atoms with Crippen LogP contribution in [0, 0.1) is 17.8 Å². The summed E-state index contributed by atoms with van der Waals surface area (Å²) in [6.45, 7) is 2.18. The second kappa shape index (κ2) is 4.89. The van der Waals surface area contributed by atoms with Crippen molar-refractivity contribution in [1.29, 1.82) is 0 Å². The van der Waals surface area contributed by atoms with Crippen LogP contribution in [0.3, 0.4) is 0 Å². The lowest BCUT2D eigenvalue weighted by atomic mass is 9.90. The van der Waals surface area contributed by atoms with Crippen LogP contribution in [0.1, 0.15) is 39.0 Å². The summed E-state index contributed by atoms with van der Waals surface area (Å²) >= 11 is 2.10. The molecule has 2 fully saturated rings. The van der Waals surface area contributed by atoms with Gasteiger partial charge in [0.25, 0.3) is 0 Å². The number of hydrogen-bond acceptors (Lipinski definition) is 2. The van der Waals surface area contributed by atoms with E-state index in [4.69, 9.17) is 5.73 Å². The lowest BCUT2D eigenvalue weighted by Gasteiger charge is -2.21. The summed E-state index contributed by atoms with van der Waals surface area (Å²) in [5.41, 5.74) is 5.91. The lowest BCUT2D eigenvalue weighted by Crippen LogP contribution is -2.22. The Morgan fingerprint density at radius 1 is 1.36 bits per heavy atom. The number of nitrogens with two attached hydrogens (primary N) is 1. The van der Waals surface area contributed by atoms with Gasteiger partial charge in [0.05, 0.1) is 0 Å². The molecule has 82 valence electrons. The first-order valence-corrected chi connectivity index (χ1v) is 7.28. The second-order valence-electron chi connectivity index (χ2n) is 5.14. The molecule has 0 amide bonds. The van der Waals surface area contributed by atoms with Crippen molar-refractivity contribution in [2.75, 3.05) is 11.5 Å². The van der Waals surface area contributed by atoms with Crippen LogP contribution in [0.15, 0.2) is 0 Å². The first-order valence-electron chi connectivity index (χ1n) is 6.13. The molecule has 2 aliphatic rings. The van der Waals surface area contributed by atoms with Gasteiger partial charge in [-0.2, -0.15) is 11.8 Å². The second-order valence-corrected chi connectivity index (χ2v) is 6.22. The van der Waals surface area contributed by atoms with Gasteiger partial charge in [0.2, 0.25) is 0 Å². The van der Waals surface area contributed by atoms with E-state index >= 15 is 0 Å². The quantitative estimate of drug-likeness (QED) is 0.760. The fourth-order valence-corrected chi connectivity index (χ4v) is 4.45. The molecule has 0 aliphatic heterocycles. The third kappa shape index (κ3) is 2.46. The van der Waals surface area contributed by atoms with Crippen LogP contribution in [0.25, 0.3) is 0 Å². The third-order valence-corrected chi connectivity index (χ3v) is 5.40. The molecule has 0 spiro atoms. The molecule has 0 aromatic heterocycles. The van der Waals surface area contributed by atoms with Gasteiger partial charge in [-0.05, 0) is 49.2 Å². The normalized spacial score (nSPS) is 37.7. The molecule has 2 N–H and O–H groups in total. The minimum atomic E-state index is 0.429. The van der Waals surface area contributed by atoms with Crippen LogP contribution < -0.4 is 5.73 Å². The van der Waals surface area contributed by atoms with Crippen LogP contribution in [-0.4, -0.2) is 17.5 Å². The van der Waals surface area contributed by atoms with E-state index in [0.29, 0.717) is 6.04 Å². The van der Waals surface area contributed by atoms with E-state index in [1.54, 1.807) is 6.42 Å². The largest absolute Gasteiger partial charge is 0.327 e. The molecule has 4 unspecified atom stereocenters. The molecule has 2 aliphatic carbocycles. The zero-order valence-electron chi connectivity index (χ0n) is 9.24. The van der Waals surface area contributed by atoms with Gasteiger partial charge in [-0.3, -0.25) is 0 Å². The number of fused-ring (bicyclic) bond motifs is 2. The van der Waals surface area contributed by atoms with E-state index in [9.17, 15) is 0 Å². The molecule has 2 heteroatoms. The van der Waals surface area contributed by atoms with Crippen molar-refractivity contribution >= 4 is 11.8 Å². The molecule has 2 bridgehead atoms. The zero-order valence-corrected chi connectivity index (χ0v) is 10.1. The van der Waals surface area contributed by atoms with Crippen LogP contribution in [0.2, 0.25) is 0 Å². The highest BCUT2D eigenvalue weighted by Crippen LogP contribution is 2.49. The molecule has 0 aromatic rings. The smallest absolute Gasteiger partial charge is 0.0127 e. The molecule has 2 saturated carbocycles. The molecule has 4 atom stereocenters. The Kier molecular flexibility index (Phi) is 3.78. The third-order valence-electron chi connectivity index (χ3n) is 4.07. The van der Waals surface area contributed by atoms with Gasteiger partial charge in [0.15, 0.2) is 0 Å². The van der Waals surface area contributed by atoms with E-state index in [1.807, 2.05) is 0 Å². The molecule has 0 aromatic carbocycles. The fraction of sp³-hybridized carbons (Fsp3) is 1.00. The highest BCUT2D eigenvalue weighted by molar-refractivity contribution is 7.99. The Balaban J connectivity index is 1.62. The maximum atomic E-state index is 5.91. The average molecular weight is 213 g/mol. The molecular formula is C12H23NS. The minimum absolute atomic E-state index is 0.429. The van der Waals surface area contributed by atoms with Crippen molar-refractivity contribution in [2.24, 2.45) is 23.5 Å². The number of rotatable bonds is 5. The fourth-order valence-electron chi connectivity index (χ4n) is 3.07. The van der Waals surface area contributed by atoms with Gasteiger partial charge in [0, 0.05) is 11.8 Å². The first kappa shape index (κ1) is 10.8. The standard InChI is InChI=1S/C12H23NS/c1-2-12(13)8-14-7-11-6-9-3-4-10(11)5-9/h9-12H,2-8,13H2,1H3. The Labute approximate surface area is 92.2 Å². The molecule has 2 rings (SSSR count). The van der Waals surface area contributed by atoms with Crippen LogP contribution >= 0.6 is 11.8 Å². The van der Waals surface area contributed by atoms with Crippen molar-refractivity contribution in [3.63, 3.8) is 0 Å². The summed E-state index contributed by atoms with van der Waals surface area (Å²) in [4.78, 5) is 0. The van der Waals surface area contributed by atoms with Crippen molar-refractivity contribution < 1.29 is 0 Å². The van der Waals surface area contributed by atoms with Crippen molar-refractivity contribution in [3.05, 3.63) is 0 Å². The predicted molar refractivity (Wildman–Crippen MR) is 64.5 cm³/mol. The summed E-state index contributed by atoms with van der Waals surface area (Å²) in [6, 6.07) is 0.429. The maximum absolute atomic E-state index is 5.91. The summed E-state index contributed by atoms with van der Waals surface area (Å²) in [5, 5.41) is 0. The molecule has 0 saturated heterocycles. The van der Waals surface area contributed by atoms with Crippen LogP contribution in [0.4, 0.5) is 0 Å². The van der Waals surface area contributed by atoms with Crippen LogP contribution in [0.5, 0.6) is 0 Å². The molecule has 0 heterocycles. The Morgan fingerprint density at radius 3 is 2.79 bits per heavy atom. The Bertz CT molecular complexity index is 183. The monoisotopic (exact) mass is 213 g/mol. The van der Waals surface area contributed by atoms with Gasteiger partial charge in [0.1, 0.15) is 0 Å². The van der Waals surface area contributed by atoms with E-state index in [-0.39, 0.29) is 0 Å². The summed E-state index contributed by atoms with van der Waals surface area (Å²) in [6.07, 6.45) is 7.25. The van der Waals surface area contributed by atoms with Gasteiger partial charge in [-0.1, -0.05) is 13.3 Å². The first-order chi connectivity index (χ1) is 6.79. The van der Waals surface area contributed by atoms with Gasteiger partial charge >= 0.3 is 0 Å². The SMILES string of the molecule is CCC(N)CSCC1CC2CCC1C2. The predicted octanol–water partition coefficient (Wildman–Crippen LogP) is 2.89. The Morgan fingerprint density at radius 2 is 2.21 bits per heavy atom. The highest BCUT2D eigenvalue weighted by atomic mass is 32.2. The van der Waals surface area contributed by atoms with E-state index in [2.05, 4.69) is 18.7 Å². The highest BCUT2D eigenvalue weighted by Gasteiger charge is 2.38. The topological polar surface area (TPSA) is 26.0 Å². The summed E-state index contributed by atoms with van der Waals surface area (Å²) in [7, 11) is 0. The summed E-state index contributed by atoms with van der Waals surface area (Å²) in [5.74, 6) is 5.79. The van der Waals surface area contributed by atoms with Crippen LogP contribution in [-0.2, 0) is 0 Å². The molecule has 1 nitrogen and oxygen atoms in total. The average Bonchev–Trinajstić information content (AvgIpc) is 2.79. The van der Waals surface area contributed by atoms with Gasteiger partial charge in [-0.25, -0.2) is 0 Å². The summed E-state index contributed by atoms with van der Waals surface area (Å²) < 4.78 is 0. The van der Waals surface area contributed by atoms with E-state index < -0.39 is 0 Å². The minimum Gasteiger partial charge on any atom is -0.327 e. The van der Waals surface area contributed by atoms with Crippen molar-refractivity contribution in [1.82, 2.24) is 0 Å². The molecule has 14 heavy (non-hydrogen) atoms. The number of thioether (sulfide) groups is 1. The van der Waals surface area contributed by atoms with Crippen molar-refractivity contribution in [3.8, 4) is 0 Å². The zero-order chi connectivity index (χ0) is 9.97. The Hall–Kier alpha value is 0.310. The lowest BCUT2D eigenvalue weighted by molar-refractivity contribution is 0.365. The number of hydrogen-bond donors (Lipinski definition) is 1.